The van der Waals surface area contributed by atoms with Crippen LogP contribution in [0.2, 0.25) is 0 Å². The molecule has 1 N–H and O–H groups in total. The van der Waals surface area contributed by atoms with Crippen molar-refractivity contribution in [2.45, 2.75) is 6.54 Å². The molecule has 0 saturated carbocycles. The predicted octanol–water partition coefficient (Wildman–Crippen LogP) is 3.68. The van der Waals surface area contributed by atoms with Crippen molar-refractivity contribution in [1.82, 2.24) is 9.59 Å². The molecule has 6 heteroatoms. The van der Waals surface area contributed by atoms with Crippen LogP contribution in [0, 0.1) is 0 Å². The molecule has 0 atom stereocenters. The molecule has 0 saturated heterocycles. The van der Waals surface area contributed by atoms with Gasteiger partial charge in [-0.25, -0.2) is 0 Å². The normalized spacial score (nSPS) is 10.3. The Morgan fingerprint density at radius 3 is 2.87 bits per heavy atom. The van der Waals surface area contributed by atoms with E-state index in [2.05, 4.69) is 46.8 Å². The summed E-state index contributed by atoms with van der Waals surface area (Å²) in [5.74, 6) is 0. The molecule has 78 valence electrons. The average molecular weight is 349 g/mol. The average Bonchev–Trinajstić information content (AvgIpc) is 2.69. The van der Waals surface area contributed by atoms with Gasteiger partial charge in [-0.3, -0.25) is 0 Å². The van der Waals surface area contributed by atoms with Crippen LogP contribution in [-0.2, 0) is 6.54 Å². The van der Waals surface area contributed by atoms with Gasteiger partial charge in [-0.05, 0) is 45.7 Å². The van der Waals surface area contributed by atoms with Crippen molar-refractivity contribution in [3.05, 3.63) is 38.2 Å². The molecule has 2 aromatic rings. The van der Waals surface area contributed by atoms with Crippen LogP contribution in [0.5, 0.6) is 0 Å². The fourth-order valence-electron chi connectivity index (χ4n) is 1.08. The molecule has 2 rings (SSSR count). The van der Waals surface area contributed by atoms with E-state index in [4.69, 9.17) is 0 Å². The van der Waals surface area contributed by atoms with Crippen molar-refractivity contribution >= 4 is 49.1 Å². The molecule has 1 aromatic heterocycles. The smallest absolute Gasteiger partial charge is 0.0946 e. The fraction of sp³-hybridized carbons (Fsp3) is 0.111. The lowest BCUT2D eigenvalue weighted by Gasteiger charge is -2.06. The van der Waals surface area contributed by atoms with Crippen LogP contribution in [0.3, 0.4) is 0 Å². The molecule has 0 aliphatic heterocycles. The summed E-state index contributed by atoms with van der Waals surface area (Å²) in [7, 11) is 0. The first-order valence-corrected chi connectivity index (χ1v) is 6.63. The Balaban J connectivity index is 2.05. The van der Waals surface area contributed by atoms with Crippen molar-refractivity contribution in [3.63, 3.8) is 0 Å². The molecular formula is C9H7Br2N3S. The molecular weight excluding hydrogens is 342 g/mol. The van der Waals surface area contributed by atoms with E-state index in [1.165, 1.54) is 11.5 Å². The molecule has 0 amide bonds. The number of rotatable bonds is 3. The zero-order chi connectivity index (χ0) is 10.7. The fourth-order valence-corrected chi connectivity index (χ4v) is 2.72. The van der Waals surface area contributed by atoms with Crippen LogP contribution in [0.25, 0.3) is 0 Å². The van der Waals surface area contributed by atoms with Gasteiger partial charge < -0.3 is 5.32 Å². The maximum Gasteiger partial charge on any atom is 0.0946 e. The van der Waals surface area contributed by atoms with Crippen molar-refractivity contribution in [2.75, 3.05) is 5.32 Å². The van der Waals surface area contributed by atoms with Crippen molar-refractivity contribution in [1.29, 1.82) is 0 Å². The largest absolute Gasteiger partial charge is 0.378 e. The number of nitrogens with one attached hydrogen (secondary N) is 1. The van der Waals surface area contributed by atoms with Crippen LogP contribution >= 0.6 is 43.4 Å². The van der Waals surface area contributed by atoms with E-state index in [1.807, 2.05) is 23.6 Å². The predicted molar refractivity (Wildman–Crippen MR) is 69.1 cm³/mol. The highest BCUT2D eigenvalue weighted by Crippen LogP contribution is 2.26. The first-order chi connectivity index (χ1) is 7.25. The van der Waals surface area contributed by atoms with E-state index in [-0.39, 0.29) is 0 Å². The lowest BCUT2D eigenvalue weighted by atomic mass is 10.3. The molecule has 15 heavy (non-hydrogen) atoms. The summed E-state index contributed by atoms with van der Waals surface area (Å²) in [5.41, 5.74) is 2.00. The molecule has 1 heterocycles. The summed E-state index contributed by atoms with van der Waals surface area (Å²) in [6.45, 7) is 0.691. The minimum absolute atomic E-state index is 0.691. The second kappa shape index (κ2) is 5.05. The van der Waals surface area contributed by atoms with E-state index < -0.39 is 0 Å². The minimum atomic E-state index is 0.691. The number of halogens is 2. The number of hydrogen-bond donors (Lipinski definition) is 1. The summed E-state index contributed by atoms with van der Waals surface area (Å²) in [6.07, 6.45) is 0. The Hall–Kier alpha value is -0.460. The van der Waals surface area contributed by atoms with Gasteiger partial charge in [-0.2, -0.15) is 0 Å². The second-order valence-corrected chi connectivity index (χ2v) is 5.25. The number of aromatic nitrogens is 2. The third-order valence-electron chi connectivity index (χ3n) is 1.80. The zero-order valence-corrected chi connectivity index (χ0v) is 11.6. The third kappa shape index (κ3) is 2.99. The third-order valence-corrected chi connectivity index (χ3v) is 3.50. The van der Waals surface area contributed by atoms with Crippen LogP contribution in [-0.4, -0.2) is 9.59 Å². The summed E-state index contributed by atoms with van der Waals surface area (Å²) < 4.78 is 5.88. The van der Waals surface area contributed by atoms with Gasteiger partial charge >= 0.3 is 0 Å². The van der Waals surface area contributed by atoms with Gasteiger partial charge in [0.05, 0.1) is 12.2 Å². The molecule has 0 bridgehead atoms. The summed E-state index contributed by atoms with van der Waals surface area (Å²) in [4.78, 5) is 0. The summed E-state index contributed by atoms with van der Waals surface area (Å²) in [5, 5.41) is 9.17. The Bertz CT molecular complexity index is 445. The number of benzene rings is 1. The van der Waals surface area contributed by atoms with Crippen LogP contribution in [0.4, 0.5) is 5.69 Å². The van der Waals surface area contributed by atoms with E-state index in [9.17, 15) is 0 Å². The lowest BCUT2D eigenvalue weighted by molar-refractivity contribution is 0.998. The Morgan fingerprint density at radius 2 is 2.20 bits per heavy atom. The molecule has 0 spiro atoms. The second-order valence-electron chi connectivity index (χ2n) is 2.87. The van der Waals surface area contributed by atoms with Crippen molar-refractivity contribution in [2.24, 2.45) is 0 Å². The van der Waals surface area contributed by atoms with E-state index in [0.29, 0.717) is 6.54 Å². The first-order valence-electron chi connectivity index (χ1n) is 4.20. The molecule has 0 unspecified atom stereocenters. The zero-order valence-electron chi connectivity index (χ0n) is 7.58. The summed E-state index contributed by atoms with van der Waals surface area (Å²) in [6, 6.07) is 6.00. The maximum atomic E-state index is 3.96. The Kier molecular flexibility index (Phi) is 3.71. The lowest BCUT2D eigenvalue weighted by Crippen LogP contribution is -2.00. The van der Waals surface area contributed by atoms with E-state index in [1.54, 1.807) is 0 Å². The van der Waals surface area contributed by atoms with Gasteiger partial charge in [-0.1, -0.05) is 20.4 Å². The number of hydrogen-bond acceptors (Lipinski definition) is 4. The van der Waals surface area contributed by atoms with Crippen molar-refractivity contribution in [3.8, 4) is 0 Å². The SMILES string of the molecule is Brc1ccc(NCc2csnn2)c(Br)c1. The first kappa shape index (κ1) is 11.0. The quantitative estimate of drug-likeness (QED) is 0.919. The van der Waals surface area contributed by atoms with Gasteiger partial charge in [0.1, 0.15) is 0 Å². The summed E-state index contributed by atoms with van der Waals surface area (Å²) >= 11 is 8.25. The van der Waals surface area contributed by atoms with Gasteiger partial charge in [-0.15, -0.1) is 5.10 Å². The van der Waals surface area contributed by atoms with Gasteiger partial charge in [0, 0.05) is 20.0 Å². The van der Waals surface area contributed by atoms with Crippen LogP contribution in [0.1, 0.15) is 5.69 Å². The molecule has 0 radical (unpaired) electrons. The number of nitrogens with zero attached hydrogens (tertiary/aromatic N) is 2. The highest BCUT2D eigenvalue weighted by Gasteiger charge is 2.01. The molecule has 1 aromatic carbocycles. The minimum Gasteiger partial charge on any atom is -0.378 e. The maximum absolute atomic E-state index is 3.96. The monoisotopic (exact) mass is 347 g/mol. The highest BCUT2D eigenvalue weighted by atomic mass is 79.9. The Morgan fingerprint density at radius 1 is 1.33 bits per heavy atom. The molecule has 3 nitrogen and oxygen atoms in total. The van der Waals surface area contributed by atoms with E-state index >= 15 is 0 Å². The Labute approximate surface area is 108 Å². The standard InChI is InChI=1S/C9H7Br2N3S/c10-6-1-2-9(8(11)3-6)12-4-7-5-15-14-13-7/h1-3,5,12H,4H2. The van der Waals surface area contributed by atoms with Gasteiger partial charge in [0.15, 0.2) is 0 Å². The highest BCUT2D eigenvalue weighted by molar-refractivity contribution is 9.11. The molecule has 0 fully saturated rings. The molecule has 0 aliphatic rings. The molecule has 0 aliphatic carbocycles. The van der Waals surface area contributed by atoms with Crippen LogP contribution < -0.4 is 5.32 Å². The topological polar surface area (TPSA) is 37.8 Å². The van der Waals surface area contributed by atoms with Crippen molar-refractivity contribution < 1.29 is 0 Å². The van der Waals surface area contributed by atoms with Gasteiger partial charge in [0.2, 0.25) is 0 Å². The van der Waals surface area contributed by atoms with Gasteiger partial charge in [0.25, 0.3) is 0 Å². The van der Waals surface area contributed by atoms with E-state index in [0.717, 1.165) is 20.3 Å². The van der Waals surface area contributed by atoms with Crippen LogP contribution in [0.15, 0.2) is 32.5 Å². The number of anilines is 1.